The van der Waals surface area contributed by atoms with Gasteiger partial charge in [-0.05, 0) is 47.5 Å². The minimum atomic E-state index is -3.90. The van der Waals surface area contributed by atoms with Gasteiger partial charge in [-0.3, -0.25) is 0 Å². The van der Waals surface area contributed by atoms with E-state index in [9.17, 15) is 21.6 Å². The molecule has 0 unspecified atom stereocenters. The molecule has 0 bridgehead atoms. The maximum absolute atomic E-state index is 12.4. The van der Waals surface area contributed by atoms with Crippen LogP contribution in [0.2, 0.25) is 0 Å². The lowest BCUT2D eigenvalue weighted by Crippen LogP contribution is -2.19. The van der Waals surface area contributed by atoms with E-state index in [0.29, 0.717) is 22.5 Å². The van der Waals surface area contributed by atoms with Gasteiger partial charge in [0, 0.05) is 17.4 Å². The lowest BCUT2D eigenvalue weighted by Gasteiger charge is -2.11. The molecule has 0 aromatic heterocycles. The molecule has 0 aliphatic heterocycles. The second-order valence-corrected chi connectivity index (χ2v) is 11.3. The number of nitrogens with one attached hydrogen (secondary N) is 2. The molecule has 0 atom stereocenters. The molecule has 9 nitrogen and oxygen atoms in total. The van der Waals surface area contributed by atoms with Crippen molar-refractivity contribution in [1.82, 2.24) is 0 Å². The number of hydrogen-bond donors (Lipinski definition) is 2. The summed E-state index contributed by atoms with van der Waals surface area (Å²) in [5.74, 6) is -0.406. The Bertz CT molecular complexity index is 1590. The van der Waals surface area contributed by atoms with E-state index in [1.54, 1.807) is 72.8 Å². The van der Waals surface area contributed by atoms with E-state index >= 15 is 0 Å². The smallest absolute Gasteiger partial charge is 0.323 e. The van der Waals surface area contributed by atoms with Crippen LogP contribution in [0.25, 0.3) is 0 Å². The molecule has 0 saturated carbocycles. The summed E-state index contributed by atoms with van der Waals surface area (Å²) in [5, 5.41) is 5.20. The van der Waals surface area contributed by atoms with Gasteiger partial charge in [-0.25, -0.2) is 4.79 Å². The summed E-state index contributed by atoms with van der Waals surface area (Å²) in [6.07, 6.45) is 0. The lowest BCUT2D eigenvalue weighted by molar-refractivity contribution is 0.262. The van der Waals surface area contributed by atoms with Gasteiger partial charge in [0.05, 0.1) is 0 Å². The fourth-order valence-electron chi connectivity index (χ4n) is 3.42. The first-order valence-corrected chi connectivity index (χ1v) is 14.5. The highest BCUT2D eigenvalue weighted by molar-refractivity contribution is 7.86. The summed E-state index contributed by atoms with van der Waals surface area (Å²) in [6, 6.07) is 28.5. The van der Waals surface area contributed by atoms with Gasteiger partial charge in [-0.2, -0.15) is 16.8 Å². The van der Waals surface area contributed by atoms with Crippen LogP contribution in [0.15, 0.2) is 109 Å². The first-order chi connectivity index (χ1) is 18.2. The van der Waals surface area contributed by atoms with Crippen molar-refractivity contribution in [3.8, 4) is 11.5 Å². The largest absolute Gasteiger partial charge is 0.382 e. The Labute approximate surface area is 221 Å². The van der Waals surface area contributed by atoms with E-state index in [1.165, 1.54) is 36.4 Å². The molecule has 0 aliphatic rings. The standard InChI is InChI=1S/C27H24N2O7S2/c30-27(28-23-14-16-25(17-15-23)35-37(31,32)19-21-8-3-1-4-9-21)29-24-12-7-13-26(18-24)36-38(33,34)20-22-10-5-2-6-11-22/h1-18H,19-20H2,(H2,28,29,30). The number of urea groups is 1. The van der Waals surface area contributed by atoms with Gasteiger partial charge in [0.2, 0.25) is 0 Å². The maximum atomic E-state index is 12.4. The molecule has 0 spiro atoms. The summed E-state index contributed by atoms with van der Waals surface area (Å²) in [5.41, 5.74) is 1.88. The molecule has 0 aliphatic carbocycles. The summed E-state index contributed by atoms with van der Waals surface area (Å²) < 4.78 is 59.6. The zero-order chi connectivity index (χ0) is 27.0. The summed E-state index contributed by atoms with van der Waals surface area (Å²) in [7, 11) is -7.75. The van der Waals surface area contributed by atoms with Crippen molar-refractivity contribution < 1.29 is 30.0 Å². The van der Waals surface area contributed by atoms with Gasteiger partial charge in [0.1, 0.15) is 23.0 Å². The third-order valence-corrected chi connectivity index (χ3v) is 7.29. The molecule has 0 saturated heterocycles. The Morgan fingerprint density at radius 2 is 1.05 bits per heavy atom. The van der Waals surface area contributed by atoms with Crippen molar-refractivity contribution in [3.05, 3.63) is 120 Å². The molecule has 0 heterocycles. The number of carbonyl (C=O) groups is 1. The highest BCUT2D eigenvalue weighted by atomic mass is 32.2. The van der Waals surface area contributed by atoms with Gasteiger partial charge in [-0.1, -0.05) is 66.7 Å². The molecule has 0 fully saturated rings. The van der Waals surface area contributed by atoms with Crippen molar-refractivity contribution in [2.45, 2.75) is 11.5 Å². The fraction of sp³-hybridized carbons (Fsp3) is 0.0741. The summed E-state index contributed by atoms with van der Waals surface area (Å²) >= 11 is 0. The number of amides is 2. The maximum Gasteiger partial charge on any atom is 0.323 e. The number of carbonyl (C=O) groups excluding carboxylic acids is 1. The Morgan fingerprint density at radius 3 is 1.61 bits per heavy atom. The van der Waals surface area contributed by atoms with E-state index in [0.717, 1.165) is 0 Å². The second-order valence-electron chi connectivity index (χ2n) is 8.17. The van der Waals surface area contributed by atoms with Crippen molar-refractivity contribution in [1.29, 1.82) is 0 Å². The first kappa shape index (κ1) is 26.7. The van der Waals surface area contributed by atoms with Gasteiger partial charge < -0.3 is 19.0 Å². The molecule has 196 valence electrons. The van der Waals surface area contributed by atoms with Crippen molar-refractivity contribution in [2.24, 2.45) is 0 Å². The molecule has 4 aromatic carbocycles. The van der Waals surface area contributed by atoms with Crippen molar-refractivity contribution >= 4 is 37.6 Å². The number of rotatable bonds is 10. The Hall–Kier alpha value is -4.35. The normalized spacial score (nSPS) is 11.4. The first-order valence-electron chi connectivity index (χ1n) is 11.4. The Kier molecular flexibility index (Phi) is 8.29. The van der Waals surface area contributed by atoms with Gasteiger partial charge >= 0.3 is 26.3 Å². The minimum Gasteiger partial charge on any atom is -0.382 e. The van der Waals surface area contributed by atoms with Gasteiger partial charge in [0.25, 0.3) is 0 Å². The Morgan fingerprint density at radius 1 is 0.553 bits per heavy atom. The van der Waals surface area contributed by atoms with E-state index in [1.807, 2.05) is 0 Å². The SMILES string of the molecule is O=C(Nc1ccc(OS(=O)(=O)Cc2ccccc2)cc1)Nc1cccc(OS(=O)(=O)Cc2ccccc2)c1. The fourth-order valence-corrected chi connectivity index (χ4v) is 5.54. The summed E-state index contributed by atoms with van der Waals surface area (Å²) in [4.78, 5) is 12.4. The van der Waals surface area contributed by atoms with Crippen LogP contribution in [0, 0.1) is 0 Å². The lowest BCUT2D eigenvalue weighted by atomic mass is 10.2. The summed E-state index contributed by atoms with van der Waals surface area (Å²) in [6.45, 7) is 0. The van der Waals surface area contributed by atoms with Crippen LogP contribution in [0.5, 0.6) is 11.5 Å². The third kappa shape index (κ3) is 8.36. The van der Waals surface area contributed by atoms with Gasteiger partial charge in [-0.15, -0.1) is 0 Å². The highest BCUT2D eigenvalue weighted by Crippen LogP contribution is 2.22. The topological polar surface area (TPSA) is 128 Å². The van der Waals surface area contributed by atoms with Crippen LogP contribution < -0.4 is 19.0 Å². The van der Waals surface area contributed by atoms with Crippen LogP contribution in [-0.4, -0.2) is 22.9 Å². The second kappa shape index (κ2) is 11.8. The van der Waals surface area contributed by atoms with E-state index in [4.69, 9.17) is 8.37 Å². The molecule has 2 amide bonds. The van der Waals surface area contributed by atoms with Crippen molar-refractivity contribution in [2.75, 3.05) is 10.6 Å². The van der Waals surface area contributed by atoms with Crippen molar-refractivity contribution in [3.63, 3.8) is 0 Å². The van der Waals surface area contributed by atoms with Crippen LogP contribution >= 0.6 is 0 Å². The number of hydrogen-bond acceptors (Lipinski definition) is 7. The quantitative estimate of drug-likeness (QED) is 0.261. The molecule has 4 rings (SSSR count). The van der Waals surface area contributed by atoms with E-state index in [-0.39, 0.29) is 23.0 Å². The average Bonchev–Trinajstić information content (AvgIpc) is 2.85. The predicted octanol–water partition coefficient (Wildman–Crippen LogP) is 5.15. The molecule has 2 N–H and O–H groups in total. The van der Waals surface area contributed by atoms with E-state index < -0.39 is 26.3 Å². The monoisotopic (exact) mass is 552 g/mol. The number of anilines is 2. The molecular weight excluding hydrogens is 528 g/mol. The molecule has 4 aromatic rings. The zero-order valence-corrected chi connectivity index (χ0v) is 21.6. The highest BCUT2D eigenvalue weighted by Gasteiger charge is 2.16. The van der Waals surface area contributed by atoms with Crippen LogP contribution in [0.1, 0.15) is 11.1 Å². The molecular formula is C27H24N2O7S2. The Balaban J connectivity index is 1.31. The average molecular weight is 553 g/mol. The third-order valence-electron chi connectivity index (χ3n) is 5.02. The van der Waals surface area contributed by atoms with Crippen LogP contribution in [0.3, 0.4) is 0 Å². The number of benzene rings is 4. The molecule has 11 heteroatoms. The van der Waals surface area contributed by atoms with Crippen LogP contribution in [0.4, 0.5) is 16.2 Å². The predicted molar refractivity (Wildman–Crippen MR) is 145 cm³/mol. The minimum absolute atomic E-state index is 0.0527. The van der Waals surface area contributed by atoms with E-state index in [2.05, 4.69) is 10.6 Å². The van der Waals surface area contributed by atoms with Gasteiger partial charge in [0.15, 0.2) is 0 Å². The van der Waals surface area contributed by atoms with Crippen LogP contribution in [-0.2, 0) is 31.7 Å². The molecule has 0 radical (unpaired) electrons. The molecule has 38 heavy (non-hydrogen) atoms. The zero-order valence-electron chi connectivity index (χ0n) is 20.0.